The topological polar surface area (TPSA) is 110 Å². The second-order valence-electron chi connectivity index (χ2n) is 6.78. The minimum atomic E-state index is -0.705. The fraction of sp³-hybridized carbons (Fsp3) is 0.722. The molecular formula is C18H32N4O4. The van der Waals surface area contributed by atoms with Crippen molar-refractivity contribution in [3.63, 3.8) is 0 Å². The smallest absolute Gasteiger partial charge is 0.330 e. The van der Waals surface area contributed by atoms with Crippen LogP contribution in [0.5, 0.6) is 0 Å². The van der Waals surface area contributed by atoms with Crippen LogP contribution in [0.3, 0.4) is 0 Å². The third-order valence-corrected chi connectivity index (χ3v) is 4.21. The number of ether oxygens (including phenoxy) is 1. The highest BCUT2D eigenvalue weighted by Gasteiger charge is 2.27. The molecule has 0 aliphatic rings. The molecule has 0 saturated heterocycles. The van der Waals surface area contributed by atoms with Gasteiger partial charge in [-0.3, -0.25) is 19.1 Å². The number of hydrogen-bond donors (Lipinski definition) is 2. The van der Waals surface area contributed by atoms with Crippen molar-refractivity contribution in [1.82, 2.24) is 9.55 Å². The summed E-state index contributed by atoms with van der Waals surface area (Å²) in [5.74, 6) is 0.131. The van der Waals surface area contributed by atoms with Crippen molar-refractivity contribution in [1.29, 1.82) is 0 Å². The summed E-state index contributed by atoms with van der Waals surface area (Å²) in [5.41, 5.74) is 4.87. The molecule has 0 radical (unpaired) electrons. The van der Waals surface area contributed by atoms with Gasteiger partial charge in [-0.1, -0.05) is 27.2 Å². The van der Waals surface area contributed by atoms with E-state index in [1.54, 1.807) is 13.8 Å². The number of rotatable bonds is 10. The molecule has 3 N–H and O–H groups in total. The van der Waals surface area contributed by atoms with Crippen LogP contribution < -0.4 is 21.9 Å². The first kappa shape index (κ1) is 22.0. The van der Waals surface area contributed by atoms with Crippen LogP contribution in [0.15, 0.2) is 9.59 Å². The van der Waals surface area contributed by atoms with E-state index < -0.39 is 17.4 Å². The summed E-state index contributed by atoms with van der Waals surface area (Å²) in [4.78, 5) is 40.7. The first-order chi connectivity index (χ1) is 12.2. The lowest BCUT2D eigenvalue weighted by Crippen LogP contribution is -2.45. The molecule has 1 heterocycles. The molecule has 1 atom stereocenters. The Hall–Kier alpha value is -2.09. The van der Waals surface area contributed by atoms with Gasteiger partial charge in [0.25, 0.3) is 11.5 Å². The number of unbranched alkanes of at least 4 members (excludes halogenated alkanes) is 1. The van der Waals surface area contributed by atoms with Crippen LogP contribution in [0.4, 0.5) is 11.5 Å². The Kier molecular flexibility index (Phi) is 8.57. The lowest BCUT2D eigenvalue weighted by atomic mass is 10.1. The van der Waals surface area contributed by atoms with E-state index in [1.807, 2.05) is 6.92 Å². The number of carbonyl (C=O) groups excluding carboxylic acids is 1. The predicted molar refractivity (Wildman–Crippen MR) is 104 cm³/mol. The minimum absolute atomic E-state index is 0.00696. The Morgan fingerprint density at radius 3 is 2.46 bits per heavy atom. The van der Waals surface area contributed by atoms with Crippen molar-refractivity contribution >= 4 is 17.4 Å². The monoisotopic (exact) mass is 368 g/mol. The number of hydrogen-bond acceptors (Lipinski definition) is 5. The van der Waals surface area contributed by atoms with Gasteiger partial charge in [0.1, 0.15) is 11.9 Å². The summed E-state index contributed by atoms with van der Waals surface area (Å²) < 4.78 is 6.91. The normalized spacial score (nSPS) is 12.4. The van der Waals surface area contributed by atoms with Crippen molar-refractivity contribution in [2.75, 3.05) is 23.8 Å². The van der Waals surface area contributed by atoms with Gasteiger partial charge in [-0.05, 0) is 32.6 Å². The average Bonchev–Trinajstić information content (AvgIpc) is 2.57. The van der Waals surface area contributed by atoms with Gasteiger partial charge in [-0.2, -0.15) is 0 Å². The van der Waals surface area contributed by atoms with Crippen LogP contribution in [0.2, 0.25) is 0 Å². The molecular weight excluding hydrogens is 336 g/mol. The van der Waals surface area contributed by atoms with Crippen molar-refractivity contribution in [2.45, 2.75) is 66.5 Å². The standard InChI is InChI=1S/C18H32N4O4/c1-6-8-10-22-15(19)14(16(23)20-18(22)25)21(7-2)17(24)13(5)26-11-9-12(3)4/h12-13H,6-11,19H2,1-5H3,(H,20,23,25). The third-order valence-electron chi connectivity index (χ3n) is 4.21. The second kappa shape index (κ2) is 10.2. The van der Waals surface area contributed by atoms with Crippen LogP contribution in [0.25, 0.3) is 0 Å². The molecule has 0 aromatic carbocycles. The molecule has 1 unspecified atom stereocenters. The molecule has 26 heavy (non-hydrogen) atoms. The zero-order chi connectivity index (χ0) is 19.9. The summed E-state index contributed by atoms with van der Waals surface area (Å²) in [6, 6.07) is 0. The van der Waals surface area contributed by atoms with Crippen molar-refractivity contribution in [2.24, 2.45) is 5.92 Å². The van der Waals surface area contributed by atoms with E-state index in [4.69, 9.17) is 10.5 Å². The number of nitrogens with one attached hydrogen (secondary N) is 1. The molecule has 8 nitrogen and oxygen atoms in total. The van der Waals surface area contributed by atoms with Crippen molar-refractivity contribution < 1.29 is 9.53 Å². The highest BCUT2D eigenvalue weighted by Crippen LogP contribution is 2.18. The molecule has 8 heteroatoms. The fourth-order valence-corrected chi connectivity index (χ4v) is 2.57. The maximum atomic E-state index is 12.8. The highest BCUT2D eigenvalue weighted by atomic mass is 16.5. The Morgan fingerprint density at radius 1 is 1.27 bits per heavy atom. The molecule has 0 bridgehead atoms. The Balaban J connectivity index is 3.14. The Labute approximate surface area is 154 Å². The molecule has 0 fully saturated rings. The number of likely N-dealkylation sites (N-methyl/N-ethyl adjacent to an activating group) is 1. The van der Waals surface area contributed by atoms with Crippen LogP contribution >= 0.6 is 0 Å². The maximum Gasteiger partial charge on any atom is 0.330 e. The number of anilines is 2. The average molecular weight is 368 g/mol. The number of nitrogen functional groups attached to an aromatic ring is 1. The number of nitrogens with two attached hydrogens (primary N) is 1. The summed E-state index contributed by atoms with van der Waals surface area (Å²) in [5, 5.41) is 0. The molecule has 1 rings (SSSR count). The summed E-state index contributed by atoms with van der Waals surface area (Å²) in [6.45, 7) is 10.6. The molecule has 1 aromatic rings. The first-order valence-corrected chi connectivity index (χ1v) is 9.30. The van der Waals surface area contributed by atoms with Gasteiger partial charge < -0.3 is 15.4 Å². The number of amides is 1. The Bertz CT molecular complexity index is 708. The highest BCUT2D eigenvalue weighted by molar-refractivity contribution is 5.98. The van der Waals surface area contributed by atoms with Crippen molar-refractivity contribution in [3.05, 3.63) is 20.8 Å². The van der Waals surface area contributed by atoms with E-state index in [1.165, 1.54) is 9.47 Å². The summed E-state index contributed by atoms with van der Waals surface area (Å²) >= 11 is 0. The molecule has 1 amide bonds. The largest absolute Gasteiger partial charge is 0.383 e. The lowest BCUT2D eigenvalue weighted by Gasteiger charge is -2.26. The lowest BCUT2D eigenvalue weighted by molar-refractivity contribution is -0.129. The number of carbonyl (C=O) groups is 1. The molecule has 148 valence electrons. The van der Waals surface area contributed by atoms with Crippen LogP contribution in [0, 0.1) is 5.92 Å². The van der Waals surface area contributed by atoms with Gasteiger partial charge in [0.2, 0.25) is 0 Å². The van der Waals surface area contributed by atoms with Gasteiger partial charge in [-0.15, -0.1) is 0 Å². The van der Waals surface area contributed by atoms with E-state index in [2.05, 4.69) is 18.8 Å². The van der Waals surface area contributed by atoms with Gasteiger partial charge in [0.05, 0.1) is 0 Å². The maximum absolute atomic E-state index is 12.8. The molecule has 0 aliphatic heterocycles. The number of aromatic nitrogens is 2. The van der Waals surface area contributed by atoms with Crippen LogP contribution in [0.1, 0.15) is 53.9 Å². The van der Waals surface area contributed by atoms with E-state index in [-0.39, 0.29) is 24.0 Å². The van der Waals surface area contributed by atoms with Crippen LogP contribution in [-0.4, -0.2) is 34.7 Å². The summed E-state index contributed by atoms with van der Waals surface area (Å²) in [7, 11) is 0. The first-order valence-electron chi connectivity index (χ1n) is 9.30. The number of H-pyrrole nitrogens is 1. The number of aromatic amines is 1. The fourth-order valence-electron chi connectivity index (χ4n) is 2.57. The zero-order valence-electron chi connectivity index (χ0n) is 16.5. The van der Waals surface area contributed by atoms with Gasteiger partial charge in [0.15, 0.2) is 5.69 Å². The SMILES string of the molecule is CCCCn1c(N)c(N(CC)C(=O)C(C)OCCC(C)C)c(=O)[nH]c1=O. The summed E-state index contributed by atoms with van der Waals surface area (Å²) in [6.07, 6.45) is 1.75. The second-order valence-corrected chi connectivity index (χ2v) is 6.78. The molecule has 0 saturated carbocycles. The molecule has 0 spiro atoms. The molecule has 1 aromatic heterocycles. The Morgan fingerprint density at radius 2 is 1.92 bits per heavy atom. The van der Waals surface area contributed by atoms with Gasteiger partial charge >= 0.3 is 5.69 Å². The molecule has 0 aliphatic carbocycles. The van der Waals surface area contributed by atoms with Crippen LogP contribution in [-0.2, 0) is 16.1 Å². The predicted octanol–water partition coefficient (Wildman–Crippen LogP) is 1.72. The van der Waals surface area contributed by atoms with Crippen molar-refractivity contribution in [3.8, 4) is 0 Å². The minimum Gasteiger partial charge on any atom is -0.383 e. The quantitative estimate of drug-likeness (QED) is 0.653. The zero-order valence-corrected chi connectivity index (χ0v) is 16.5. The van der Waals surface area contributed by atoms with E-state index in [9.17, 15) is 14.4 Å². The van der Waals surface area contributed by atoms with E-state index in [0.717, 1.165) is 19.3 Å². The van der Waals surface area contributed by atoms with E-state index in [0.29, 0.717) is 19.1 Å². The third kappa shape index (κ3) is 5.45. The number of nitrogens with zero attached hydrogens (tertiary/aromatic N) is 2. The van der Waals surface area contributed by atoms with Gasteiger partial charge in [0, 0.05) is 19.7 Å². The van der Waals surface area contributed by atoms with Gasteiger partial charge in [-0.25, -0.2) is 4.79 Å². The van der Waals surface area contributed by atoms with E-state index >= 15 is 0 Å².